The maximum absolute atomic E-state index is 5.31. The first-order chi connectivity index (χ1) is 4.81. The van der Waals surface area contributed by atoms with Gasteiger partial charge in [-0.3, -0.25) is 0 Å². The molecule has 0 fully saturated rings. The average Bonchev–Trinajstić information content (AvgIpc) is 1.89. The first-order valence-corrected chi connectivity index (χ1v) is 4.98. The molecule has 0 aliphatic heterocycles. The number of unbranched alkanes of at least 4 members (excludes halogenated alkanes) is 2. The fourth-order valence-corrected chi connectivity index (χ4v) is 1.41. The van der Waals surface area contributed by atoms with Gasteiger partial charge in [-0.1, -0.05) is 35.7 Å². The highest BCUT2D eigenvalue weighted by atomic mass is 79.9. The van der Waals surface area contributed by atoms with Crippen LogP contribution in [-0.2, 0) is 4.74 Å². The second-order valence-electron chi connectivity index (χ2n) is 2.36. The number of alkyl halides is 1. The van der Waals surface area contributed by atoms with Gasteiger partial charge in [0.1, 0.15) is 5.01 Å². The molecule has 0 aromatic rings. The smallest absolute Gasteiger partial charge is 0.112 e. The number of hydrogen-bond acceptors (Lipinski definition) is 1. The van der Waals surface area contributed by atoms with Gasteiger partial charge in [-0.05, 0) is 19.8 Å². The molecule has 0 aliphatic rings. The summed E-state index contributed by atoms with van der Waals surface area (Å²) in [6.45, 7) is 5.04. The maximum atomic E-state index is 5.31. The minimum absolute atomic E-state index is 0.282. The van der Waals surface area contributed by atoms with Crippen molar-refractivity contribution in [3.8, 4) is 0 Å². The third-order valence-electron chi connectivity index (χ3n) is 1.38. The predicted molar refractivity (Wildman–Crippen MR) is 48.5 cm³/mol. The van der Waals surface area contributed by atoms with Crippen LogP contribution in [0.4, 0.5) is 0 Å². The van der Waals surface area contributed by atoms with Crippen molar-refractivity contribution in [2.45, 2.75) is 44.5 Å². The lowest BCUT2D eigenvalue weighted by atomic mass is 10.2. The maximum Gasteiger partial charge on any atom is 0.112 e. The van der Waals surface area contributed by atoms with Crippen molar-refractivity contribution in [1.82, 2.24) is 0 Å². The van der Waals surface area contributed by atoms with Crippen molar-refractivity contribution in [2.75, 3.05) is 6.61 Å². The molecule has 0 bridgehead atoms. The Morgan fingerprint density at radius 3 is 2.50 bits per heavy atom. The van der Waals surface area contributed by atoms with Gasteiger partial charge in [0.05, 0.1) is 0 Å². The number of halogens is 1. The van der Waals surface area contributed by atoms with E-state index in [1.54, 1.807) is 0 Å². The molecule has 1 atom stereocenters. The van der Waals surface area contributed by atoms with E-state index in [1.165, 1.54) is 19.3 Å². The molecule has 2 heteroatoms. The molecule has 0 saturated carbocycles. The Balaban J connectivity index is 2.97. The van der Waals surface area contributed by atoms with Crippen LogP contribution in [0.25, 0.3) is 0 Å². The van der Waals surface area contributed by atoms with Gasteiger partial charge in [0, 0.05) is 6.61 Å². The molecular weight excluding hydrogens is 192 g/mol. The molecule has 0 heterocycles. The Hall–Kier alpha value is 0.440. The Kier molecular flexibility index (Phi) is 7.88. The van der Waals surface area contributed by atoms with Crippen LogP contribution in [0, 0.1) is 0 Å². The van der Waals surface area contributed by atoms with Gasteiger partial charge in [0.25, 0.3) is 0 Å². The zero-order chi connectivity index (χ0) is 7.82. The predicted octanol–water partition coefficient (Wildman–Crippen LogP) is 3.32. The monoisotopic (exact) mass is 208 g/mol. The summed E-state index contributed by atoms with van der Waals surface area (Å²) in [6.07, 6.45) is 5.01. The molecule has 1 nitrogen and oxygen atoms in total. The van der Waals surface area contributed by atoms with Crippen molar-refractivity contribution in [1.29, 1.82) is 0 Å². The van der Waals surface area contributed by atoms with E-state index in [0.29, 0.717) is 0 Å². The van der Waals surface area contributed by atoms with Crippen LogP contribution in [0.2, 0.25) is 0 Å². The minimum atomic E-state index is 0.282. The summed E-state index contributed by atoms with van der Waals surface area (Å²) in [5, 5.41) is 0.282. The minimum Gasteiger partial charge on any atom is -0.367 e. The number of ether oxygens (including phenoxy) is 1. The largest absolute Gasteiger partial charge is 0.367 e. The van der Waals surface area contributed by atoms with E-state index in [0.717, 1.165) is 13.0 Å². The Morgan fingerprint density at radius 1 is 1.30 bits per heavy atom. The average molecular weight is 209 g/mol. The van der Waals surface area contributed by atoms with Gasteiger partial charge < -0.3 is 4.74 Å². The summed E-state index contributed by atoms with van der Waals surface area (Å²) >= 11 is 3.45. The third-order valence-corrected chi connectivity index (χ3v) is 2.10. The number of hydrogen-bond donors (Lipinski definition) is 0. The molecule has 0 aromatic carbocycles. The second-order valence-corrected chi connectivity index (χ2v) is 3.38. The van der Waals surface area contributed by atoms with Crippen molar-refractivity contribution in [3.63, 3.8) is 0 Å². The van der Waals surface area contributed by atoms with Crippen LogP contribution in [0.15, 0.2) is 0 Å². The molecule has 1 unspecified atom stereocenters. The lowest BCUT2D eigenvalue weighted by Crippen LogP contribution is -2.03. The fraction of sp³-hybridized carbons (Fsp3) is 1.00. The summed E-state index contributed by atoms with van der Waals surface area (Å²) in [5.74, 6) is 0. The van der Waals surface area contributed by atoms with Crippen LogP contribution in [0.3, 0.4) is 0 Å². The molecule has 62 valence electrons. The van der Waals surface area contributed by atoms with Crippen molar-refractivity contribution < 1.29 is 4.74 Å². The van der Waals surface area contributed by atoms with Crippen molar-refractivity contribution in [2.24, 2.45) is 0 Å². The Morgan fingerprint density at radius 2 is 2.00 bits per heavy atom. The molecule has 0 amide bonds. The van der Waals surface area contributed by atoms with E-state index in [2.05, 4.69) is 22.9 Å². The summed E-state index contributed by atoms with van der Waals surface area (Å²) in [4.78, 5) is 0. The third kappa shape index (κ3) is 6.56. The highest BCUT2D eigenvalue weighted by molar-refractivity contribution is 9.09. The van der Waals surface area contributed by atoms with Crippen LogP contribution in [0.5, 0.6) is 0 Å². The van der Waals surface area contributed by atoms with Crippen LogP contribution >= 0.6 is 15.9 Å². The number of rotatable bonds is 6. The Bertz CT molecular complexity index is 66.3. The summed E-state index contributed by atoms with van der Waals surface area (Å²) in [5.41, 5.74) is 0. The highest BCUT2D eigenvalue weighted by Crippen LogP contribution is 2.11. The van der Waals surface area contributed by atoms with E-state index in [4.69, 9.17) is 4.74 Å². The SMILES string of the molecule is CCCCCC(Br)OCC. The quantitative estimate of drug-likeness (QED) is 0.481. The highest BCUT2D eigenvalue weighted by Gasteiger charge is 2.00. The molecule has 0 aliphatic carbocycles. The summed E-state index contributed by atoms with van der Waals surface area (Å²) in [6, 6.07) is 0. The summed E-state index contributed by atoms with van der Waals surface area (Å²) < 4.78 is 5.31. The van der Waals surface area contributed by atoms with E-state index in [-0.39, 0.29) is 5.01 Å². The summed E-state index contributed by atoms with van der Waals surface area (Å²) in [7, 11) is 0. The zero-order valence-electron chi connectivity index (χ0n) is 6.90. The molecule has 0 saturated heterocycles. The van der Waals surface area contributed by atoms with Gasteiger partial charge in [-0.2, -0.15) is 0 Å². The molecule has 0 aromatic heterocycles. The zero-order valence-corrected chi connectivity index (χ0v) is 8.49. The Labute approximate surface area is 72.3 Å². The molecule has 0 rings (SSSR count). The lowest BCUT2D eigenvalue weighted by molar-refractivity contribution is 0.122. The first-order valence-electron chi connectivity index (χ1n) is 4.07. The molecular formula is C8H17BrO. The van der Waals surface area contributed by atoms with Crippen LogP contribution in [-0.4, -0.2) is 11.6 Å². The fourth-order valence-electron chi connectivity index (χ4n) is 0.819. The van der Waals surface area contributed by atoms with Gasteiger partial charge in [0.15, 0.2) is 0 Å². The van der Waals surface area contributed by atoms with Crippen molar-refractivity contribution in [3.05, 3.63) is 0 Å². The van der Waals surface area contributed by atoms with Crippen LogP contribution < -0.4 is 0 Å². The van der Waals surface area contributed by atoms with E-state index >= 15 is 0 Å². The second kappa shape index (κ2) is 7.55. The van der Waals surface area contributed by atoms with Gasteiger partial charge in [-0.25, -0.2) is 0 Å². The standard InChI is InChI=1S/C8H17BrO/c1-3-5-6-7-8(9)10-4-2/h8H,3-7H2,1-2H3. The molecule has 10 heavy (non-hydrogen) atoms. The molecule has 0 spiro atoms. The topological polar surface area (TPSA) is 9.23 Å². The molecule has 0 N–H and O–H groups in total. The van der Waals surface area contributed by atoms with E-state index in [1.807, 2.05) is 6.92 Å². The van der Waals surface area contributed by atoms with E-state index < -0.39 is 0 Å². The van der Waals surface area contributed by atoms with Crippen LogP contribution in [0.1, 0.15) is 39.5 Å². The van der Waals surface area contributed by atoms with Gasteiger partial charge >= 0.3 is 0 Å². The van der Waals surface area contributed by atoms with E-state index in [9.17, 15) is 0 Å². The van der Waals surface area contributed by atoms with Crippen molar-refractivity contribution >= 4 is 15.9 Å². The molecule has 0 radical (unpaired) electrons. The normalized spacial score (nSPS) is 13.5. The van der Waals surface area contributed by atoms with Gasteiger partial charge in [0.2, 0.25) is 0 Å². The van der Waals surface area contributed by atoms with Gasteiger partial charge in [-0.15, -0.1) is 0 Å². The first kappa shape index (κ1) is 10.4. The lowest BCUT2D eigenvalue weighted by Gasteiger charge is -2.07.